The summed E-state index contributed by atoms with van der Waals surface area (Å²) in [6, 6.07) is -0.450. The molecule has 0 aromatic rings. The fourth-order valence-electron chi connectivity index (χ4n) is 1.71. The molecule has 0 aromatic carbocycles. The van der Waals surface area contributed by atoms with Gasteiger partial charge >= 0.3 is 6.03 Å². The van der Waals surface area contributed by atoms with Crippen LogP contribution < -0.4 is 11.1 Å². The Morgan fingerprint density at radius 1 is 1.75 bits per heavy atom. The van der Waals surface area contributed by atoms with Crippen molar-refractivity contribution in [2.45, 2.75) is 31.7 Å². The van der Waals surface area contributed by atoms with Gasteiger partial charge in [0.25, 0.3) is 0 Å². The van der Waals surface area contributed by atoms with Crippen LogP contribution in [0, 0.1) is 0 Å². The van der Waals surface area contributed by atoms with Crippen LogP contribution >= 0.6 is 0 Å². The van der Waals surface area contributed by atoms with Crippen molar-refractivity contribution in [3.05, 3.63) is 0 Å². The lowest BCUT2D eigenvalue weighted by Crippen LogP contribution is -2.51. The fourth-order valence-corrected chi connectivity index (χ4v) is 1.71. The van der Waals surface area contributed by atoms with Gasteiger partial charge in [0.05, 0.1) is 12.1 Å². The number of urea groups is 1. The zero-order valence-electron chi connectivity index (χ0n) is 7.43. The molecule has 1 aliphatic heterocycles. The van der Waals surface area contributed by atoms with E-state index in [0.29, 0.717) is 6.61 Å². The van der Waals surface area contributed by atoms with Crippen molar-refractivity contribution in [3.63, 3.8) is 0 Å². The predicted molar refractivity (Wildman–Crippen MR) is 45.8 cm³/mol. The maximum atomic E-state index is 10.7. The van der Waals surface area contributed by atoms with Gasteiger partial charge in [0.1, 0.15) is 0 Å². The number of amides is 2. The number of hydrogen-bond acceptors (Lipinski definition) is 2. The highest BCUT2D eigenvalue weighted by Gasteiger charge is 2.34. The number of hydrogen-bond donors (Lipinski definition) is 2. The third kappa shape index (κ3) is 2.11. The Balaban J connectivity index is 2.52. The number of carbonyl (C=O) groups is 1. The molecule has 4 nitrogen and oxygen atoms in total. The monoisotopic (exact) mass is 172 g/mol. The Kier molecular flexibility index (Phi) is 2.92. The minimum atomic E-state index is -0.450. The summed E-state index contributed by atoms with van der Waals surface area (Å²) >= 11 is 0. The van der Waals surface area contributed by atoms with Gasteiger partial charge in [-0.25, -0.2) is 4.79 Å². The molecule has 3 N–H and O–H groups in total. The summed E-state index contributed by atoms with van der Waals surface area (Å²) in [5, 5.41) is 2.77. The van der Waals surface area contributed by atoms with Crippen molar-refractivity contribution in [2.75, 3.05) is 13.2 Å². The van der Waals surface area contributed by atoms with E-state index in [9.17, 15) is 4.79 Å². The van der Waals surface area contributed by atoms with Crippen LogP contribution in [-0.4, -0.2) is 24.8 Å². The highest BCUT2D eigenvalue weighted by Crippen LogP contribution is 2.23. The van der Waals surface area contributed by atoms with Crippen molar-refractivity contribution < 1.29 is 9.53 Å². The number of nitrogens with one attached hydrogen (secondary N) is 1. The summed E-state index contributed by atoms with van der Waals surface area (Å²) in [6.07, 6.45) is 2.85. The molecular weight excluding hydrogens is 156 g/mol. The molecule has 0 bridgehead atoms. The molecule has 0 radical (unpaired) electrons. The lowest BCUT2D eigenvalue weighted by molar-refractivity contribution is 0.163. The Hall–Kier alpha value is -0.770. The van der Waals surface area contributed by atoms with Crippen molar-refractivity contribution in [1.82, 2.24) is 5.32 Å². The lowest BCUT2D eigenvalue weighted by atomic mass is 9.93. The van der Waals surface area contributed by atoms with Crippen LogP contribution in [0.2, 0.25) is 0 Å². The number of primary amides is 1. The molecular formula is C8H16N2O2. The maximum absolute atomic E-state index is 10.7. The van der Waals surface area contributed by atoms with E-state index in [0.717, 1.165) is 25.9 Å². The summed E-state index contributed by atoms with van der Waals surface area (Å²) < 4.78 is 5.24. The number of carbonyl (C=O) groups excluding carboxylic acids is 1. The van der Waals surface area contributed by atoms with Crippen LogP contribution in [0.15, 0.2) is 0 Å². The van der Waals surface area contributed by atoms with Crippen molar-refractivity contribution in [1.29, 1.82) is 0 Å². The van der Waals surface area contributed by atoms with E-state index < -0.39 is 6.03 Å². The second kappa shape index (κ2) is 3.76. The third-order valence-corrected chi connectivity index (χ3v) is 2.22. The Morgan fingerprint density at radius 2 is 2.50 bits per heavy atom. The Bertz CT molecular complexity index is 164. The lowest BCUT2D eigenvalue weighted by Gasteiger charge is -2.27. The molecule has 12 heavy (non-hydrogen) atoms. The second-order valence-corrected chi connectivity index (χ2v) is 3.32. The average Bonchev–Trinajstić information content (AvgIpc) is 2.36. The molecule has 1 aliphatic rings. The molecule has 1 heterocycles. The largest absolute Gasteiger partial charge is 0.379 e. The first-order valence-electron chi connectivity index (χ1n) is 4.34. The summed E-state index contributed by atoms with van der Waals surface area (Å²) in [5.74, 6) is 0. The molecule has 4 heteroatoms. The normalized spacial score (nSPS) is 28.8. The summed E-state index contributed by atoms with van der Waals surface area (Å²) in [5.41, 5.74) is 4.90. The first kappa shape index (κ1) is 9.32. The number of rotatable bonds is 3. The van der Waals surface area contributed by atoms with Gasteiger partial charge in [-0.1, -0.05) is 13.3 Å². The first-order chi connectivity index (χ1) is 5.68. The molecule has 0 spiro atoms. The highest BCUT2D eigenvalue weighted by atomic mass is 16.5. The average molecular weight is 172 g/mol. The van der Waals surface area contributed by atoms with E-state index in [1.54, 1.807) is 0 Å². The van der Waals surface area contributed by atoms with Crippen LogP contribution in [0.1, 0.15) is 26.2 Å². The van der Waals surface area contributed by atoms with Gasteiger partial charge in [-0.05, 0) is 12.8 Å². The molecule has 0 aliphatic carbocycles. The molecule has 0 saturated carbocycles. The van der Waals surface area contributed by atoms with Gasteiger partial charge < -0.3 is 15.8 Å². The Labute approximate surface area is 72.5 Å². The van der Waals surface area contributed by atoms with Crippen LogP contribution in [-0.2, 0) is 4.74 Å². The van der Waals surface area contributed by atoms with E-state index in [1.807, 2.05) is 0 Å². The smallest absolute Gasteiger partial charge is 0.312 e. The number of nitrogens with two attached hydrogens (primary N) is 1. The van der Waals surface area contributed by atoms with E-state index in [-0.39, 0.29) is 5.54 Å². The maximum Gasteiger partial charge on any atom is 0.312 e. The zero-order chi connectivity index (χ0) is 9.03. The van der Waals surface area contributed by atoms with Crippen LogP contribution in [0.25, 0.3) is 0 Å². The van der Waals surface area contributed by atoms with Crippen molar-refractivity contribution in [3.8, 4) is 0 Å². The topological polar surface area (TPSA) is 64.3 Å². The van der Waals surface area contributed by atoms with Gasteiger partial charge in [0.15, 0.2) is 0 Å². The molecule has 1 atom stereocenters. The Morgan fingerprint density at radius 3 is 2.92 bits per heavy atom. The van der Waals surface area contributed by atoms with Gasteiger partial charge in [-0.15, -0.1) is 0 Å². The first-order valence-corrected chi connectivity index (χ1v) is 4.34. The van der Waals surface area contributed by atoms with Gasteiger partial charge in [0.2, 0.25) is 0 Å². The molecule has 70 valence electrons. The molecule has 0 aromatic heterocycles. The molecule has 2 amide bonds. The SMILES string of the molecule is CCCC1(NC(N)=O)CCOC1. The standard InChI is InChI=1S/C8H16N2O2/c1-2-3-8(10-7(9)11)4-5-12-6-8/h2-6H2,1H3,(H3,9,10,11). The van der Waals surface area contributed by atoms with Crippen LogP contribution in [0.5, 0.6) is 0 Å². The minimum Gasteiger partial charge on any atom is -0.379 e. The van der Waals surface area contributed by atoms with Gasteiger partial charge in [0, 0.05) is 6.61 Å². The van der Waals surface area contributed by atoms with Gasteiger partial charge in [-0.3, -0.25) is 0 Å². The van der Waals surface area contributed by atoms with Crippen LogP contribution in [0.4, 0.5) is 4.79 Å². The second-order valence-electron chi connectivity index (χ2n) is 3.32. The van der Waals surface area contributed by atoms with Gasteiger partial charge in [-0.2, -0.15) is 0 Å². The molecule has 1 rings (SSSR count). The summed E-state index contributed by atoms with van der Waals surface area (Å²) in [4.78, 5) is 10.7. The molecule has 1 unspecified atom stereocenters. The van der Waals surface area contributed by atoms with E-state index in [1.165, 1.54) is 0 Å². The number of ether oxygens (including phenoxy) is 1. The fraction of sp³-hybridized carbons (Fsp3) is 0.875. The predicted octanol–water partition coefficient (Wildman–Crippen LogP) is 0.614. The molecule has 1 fully saturated rings. The van der Waals surface area contributed by atoms with E-state index in [2.05, 4.69) is 12.2 Å². The quantitative estimate of drug-likeness (QED) is 0.655. The minimum absolute atomic E-state index is 0.180. The van der Waals surface area contributed by atoms with Crippen molar-refractivity contribution in [2.24, 2.45) is 5.73 Å². The van der Waals surface area contributed by atoms with Crippen LogP contribution in [0.3, 0.4) is 0 Å². The highest BCUT2D eigenvalue weighted by molar-refractivity contribution is 5.72. The van der Waals surface area contributed by atoms with E-state index >= 15 is 0 Å². The molecule has 1 saturated heterocycles. The third-order valence-electron chi connectivity index (χ3n) is 2.22. The summed E-state index contributed by atoms with van der Waals surface area (Å²) in [7, 11) is 0. The zero-order valence-corrected chi connectivity index (χ0v) is 7.43. The van der Waals surface area contributed by atoms with E-state index in [4.69, 9.17) is 10.5 Å². The summed E-state index contributed by atoms with van der Waals surface area (Å²) in [6.45, 7) is 3.41. The van der Waals surface area contributed by atoms with Crippen molar-refractivity contribution >= 4 is 6.03 Å².